The second-order valence-electron chi connectivity index (χ2n) is 5.72. The van der Waals surface area contributed by atoms with Gasteiger partial charge in [-0.3, -0.25) is 9.59 Å². The topological polar surface area (TPSA) is 89.8 Å². The molecule has 3 aromatic rings. The van der Waals surface area contributed by atoms with E-state index in [-0.39, 0.29) is 24.2 Å². The summed E-state index contributed by atoms with van der Waals surface area (Å²) in [6, 6.07) is 17.1. The molecule has 3 rings (SSSR count). The molecule has 0 saturated heterocycles. The highest BCUT2D eigenvalue weighted by Gasteiger charge is 2.10. The first-order valence-corrected chi connectivity index (χ1v) is 8.75. The molecule has 0 unspecified atom stereocenters. The average Bonchev–Trinajstić information content (AvgIpc) is 3.24. The van der Waals surface area contributed by atoms with Crippen LogP contribution < -0.4 is 20.1 Å². The van der Waals surface area contributed by atoms with Gasteiger partial charge in [-0.05, 0) is 55.5 Å². The number of carbonyl (C=O) groups excluding carboxylic acids is 2. The Morgan fingerprint density at radius 2 is 1.71 bits per heavy atom. The molecule has 7 nitrogen and oxygen atoms in total. The third-order valence-electron chi connectivity index (χ3n) is 3.69. The maximum atomic E-state index is 12.1. The molecular formula is C21H20N2O5. The molecule has 0 aliphatic rings. The molecule has 2 amide bonds. The summed E-state index contributed by atoms with van der Waals surface area (Å²) in [5, 5.41) is 5.47. The maximum Gasteiger partial charge on any atom is 0.291 e. The van der Waals surface area contributed by atoms with Crippen molar-refractivity contribution in [1.82, 2.24) is 0 Å². The molecule has 0 saturated carbocycles. The molecule has 0 spiro atoms. The fourth-order valence-electron chi connectivity index (χ4n) is 2.42. The van der Waals surface area contributed by atoms with Gasteiger partial charge in [0, 0.05) is 5.69 Å². The number of hydrogen-bond acceptors (Lipinski definition) is 5. The third kappa shape index (κ3) is 5.14. The third-order valence-corrected chi connectivity index (χ3v) is 3.69. The van der Waals surface area contributed by atoms with Crippen molar-refractivity contribution in [1.29, 1.82) is 0 Å². The summed E-state index contributed by atoms with van der Waals surface area (Å²) in [4.78, 5) is 24.1. The molecule has 0 aliphatic carbocycles. The van der Waals surface area contributed by atoms with Crippen LogP contribution in [0.5, 0.6) is 11.5 Å². The second kappa shape index (κ2) is 9.27. The summed E-state index contributed by atoms with van der Waals surface area (Å²) in [6.07, 6.45) is 1.43. The van der Waals surface area contributed by atoms with Crippen molar-refractivity contribution in [2.75, 3.05) is 23.8 Å². The van der Waals surface area contributed by atoms with Gasteiger partial charge in [-0.2, -0.15) is 0 Å². The number of benzene rings is 2. The van der Waals surface area contributed by atoms with E-state index in [1.807, 2.05) is 19.1 Å². The van der Waals surface area contributed by atoms with Gasteiger partial charge in [0.15, 0.2) is 12.4 Å². The number of carbonyl (C=O) groups is 2. The predicted molar refractivity (Wildman–Crippen MR) is 105 cm³/mol. The van der Waals surface area contributed by atoms with Gasteiger partial charge in [0.1, 0.15) is 11.5 Å². The van der Waals surface area contributed by atoms with E-state index in [1.54, 1.807) is 48.5 Å². The monoisotopic (exact) mass is 380 g/mol. The minimum absolute atomic E-state index is 0.154. The summed E-state index contributed by atoms with van der Waals surface area (Å²) in [6.45, 7) is 2.23. The quantitative estimate of drug-likeness (QED) is 0.618. The van der Waals surface area contributed by atoms with Gasteiger partial charge in [0.25, 0.3) is 11.8 Å². The van der Waals surface area contributed by atoms with Crippen LogP contribution in [0.15, 0.2) is 71.3 Å². The van der Waals surface area contributed by atoms with Crippen LogP contribution in [0.4, 0.5) is 11.4 Å². The van der Waals surface area contributed by atoms with Crippen molar-refractivity contribution in [3.63, 3.8) is 0 Å². The van der Waals surface area contributed by atoms with E-state index in [9.17, 15) is 9.59 Å². The molecule has 0 aliphatic heterocycles. The van der Waals surface area contributed by atoms with Crippen LogP contribution in [-0.2, 0) is 4.79 Å². The number of rotatable bonds is 8. The molecule has 0 bridgehead atoms. The van der Waals surface area contributed by atoms with E-state index in [0.29, 0.717) is 29.5 Å². The van der Waals surface area contributed by atoms with Gasteiger partial charge < -0.3 is 24.5 Å². The first-order valence-electron chi connectivity index (χ1n) is 8.75. The number of para-hydroxylation sites is 2. The molecule has 0 radical (unpaired) electrons. The van der Waals surface area contributed by atoms with Crippen LogP contribution >= 0.6 is 0 Å². The van der Waals surface area contributed by atoms with Crippen molar-refractivity contribution in [3.05, 3.63) is 72.7 Å². The molecule has 0 atom stereocenters. The van der Waals surface area contributed by atoms with Crippen LogP contribution in [0.2, 0.25) is 0 Å². The number of ether oxygens (including phenoxy) is 2. The minimum atomic E-state index is -0.342. The van der Waals surface area contributed by atoms with Crippen LogP contribution in [0.25, 0.3) is 0 Å². The summed E-state index contributed by atoms with van der Waals surface area (Å²) >= 11 is 0. The zero-order chi connectivity index (χ0) is 19.8. The summed E-state index contributed by atoms with van der Waals surface area (Å²) in [5.74, 6) is 0.692. The highest BCUT2D eigenvalue weighted by Crippen LogP contribution is 2.23. The predicted octanol–water partition coefficient (Wildman–Crippen LogP) is 3.95. The van der Waals surface area contributed by atoms with E-state index in [0.717, 1.165) is 0 Å². The van der Waals surface area contributed by atoms with Crippen LogP contribution in [0, 0.1) is 0 Å². The molecule has 2 N–H and O–H groups in total. The Balaban J connectivity index is 1.51. The number of amides is 2. The molecule has 7 heteroatoms. The second-order valence-corrected chi connectivity index (χ2v) is 5.72. The van der Waals surface area contributed by atoms with Crippen molar-refractivity contribution in [2.24, 2.45) is 0 Å². The highest BCUT2D eigenvalue weighted by molar-refractivity contribution is 6.02. The SMILES string of the molecule is CCOc1ccccc1NC(=O)COc1ccc(NC(=O)c2ccco2)cc1. The Kier molecular flexibility index (Phi) is 6.30. The van der Waals surface area contributed by atoms with Crippen LogP contribution in [-0.4, -0.2) is 25.0 Å². The Morgan fingerprint density at radius 1 is 0.929 bits per heavy atom. The zero-order valence-electron chi connectivity index (χ0n) is 15.3. The van der Waals surface area contributed by atoms with E-state index in [2.05, 4.69) is 10.6 Å². The Hall–Kier alpha value is -3.74. The fraction of sp³-hybridized carbons (Fsp3) is 0.143. The van der Waals surface area contributed by atoms with Gasteiger partial charge in [0.2, 0.25) is 0 Å². The maximum absolute atomic E-state index is 12.1. The lowest BCUT2D eigenvalue weighted by atomic mass is 10.3. The summed E-state index contributed by atoms with van der Waals surface area (Å²) in [5.41, 5.74) is 1.18. The van der Waals surface area contributed by atoms with E-state index in [4.69, 9.17) is 13.9 Å². The zero-order valence-corrected chi connectivity index (χ0v) is 15.3. The molecule has 1 heterocycles. The van der Waals surface area contributed by atoms with Crippen molar-refractivity contribution >= 4 is 23.2 Å². The first-order chi connectivity index (χ1) is 13.7. The van der Waals surface area contributed by atoms with E-state index >= 15 is 0 Å². The average molecular weight is 380 g/mol. The fourth-order valence-corrected chi connectivity index (χ4v) is 2.42. The Morgan fingerprint density at radius 3 is 2.43 bits per heavy atom. The number of hydrogen-bond donors (Lipinski definition) is 2. The molecule has 1 aromatic heterocycles. The van der Waals surface area contributed by atoms with Crippen molar-refractivity contribution in [2.45, 2.75) is 6.92 Å². The van der Waals surface area contributed by atoms with Crippen molar-refractivity contribution in [3.8, 4) is 11.5 Å². The van der Waals surface area contributed by atoms with Gasteiger partial charge in [-0.25, -0.2) is 0 Å². The lowest BCUT2D eigenvalue weighted by Gasteiger charge is -2.12. The molecule has 28 heavy (non-hydrogen) atoms. The number of nitrogens with one attached hydrogen (secondary N) is 2. The highest BCUT2D eigenvalue weighted by atomic mass is 16.5. The molecule has 2 aromatic carbocycles. The largest absolute Gasteiger partial charge is 0.492 e. The minimum Gasteiger partial charge on any atom is -0.492 e. The van der Waals surface area contributed by atoms with E-state index in [1.165, 1.54) is 6.26 Å². The number of furan rings is 1. The summed E-state index contributed by atoms with van der Waals surface area (Å²) < 4.78 is 16.0. The normalized spacial score (nSPS) is 10.2. The van der Waals surface area contributed by atoms with E-state index < -0.39 is 0 Å². The van der Waals surface area contributed by atoms with Crippen LogP contribution in [0.3, 0.4) is 0 Å². The smallest absolute Gasteiger partial charge is 0.291 e. The lowest BCUT2D eigenvalue weighted by Crippen LogP contribution is -2.20. The van der Waals surface area contributed by atoms with Gasteiger partial charge in [-0.1, -0.05) is 12.1 Å². The van der Waals surface area contributed by atoms with Gasteiger partial charge in [0.05, 0.1) is 18.6 Å². The van der Waals surface area contributed by atoms with Crippen molar-refractivity contribution < 1.29 is 23.5 Å². The van der Waals surface area contributed by atoms with Gasteiger partial charge in [-0.15, -0.1) is 0 Å². The molecular weight excluding hydrogens is 360 g/mol. The first kappa shape index (κ1) is 19.0. The molecule has 0 fully saturated rings. The molecule has 144 valence electrons. The summed E-state index contributed by atoms with van der Waals surface area (Å²) in [7, 11) is 0. The number of anilines is 2. The van der Waals surface area contributed by atoms with Gasteiger partial charge >= 0.3 is 0 Å². The Bertz CT molecular complexity index is 920. The van der Waals surface area contributed by atoms with Crippen LogP contribution in [0.1, 0.15) is 17.5 Å². The lowest BCUT2D eigenvalue weighted by molar-refractivity contribution is -0.118. The standard InChI is InChI=1S/C21H20N2O5/c1-2-26-18-7-4-3-6-17(18)23-20(24)14-28-16-11-9-15(10-12-16)22-21(25)19-8-5-13-27-19/h3-13H,2,14H2,1H3,(H,22,25)(H,23,24). The Labute approximate surface area is 162 Å².